The second-order valence-corrected chi connectivity index (χ2v) is 6.29. The summed E-state index contributed by atoms with van der Waals surface area (Å²) in [5.74, 6) is 0.174. The lowest BCUT2D eigenvalue weighted by Gasteiger charge is -2.24. The van der Waals surface area contributed by atoms with Crippen molar-refractivity contribution in [2.45, 2.75) is 78.6 Å². The topological polar surface area (TPSA) is 49.3 Å². The van der Waals surface area contributed by atoms with Crippen molar-refractivity contribution in [2.24, 2.45) is 5.41 Å². The molecule has 0 bridgehead atoms. The van der Waals surface area contributed by atoms with E-state index in [9.17, 15) is 4.79 Å². The molecule has 0 aromatic heterocycles. The first-order valence-corrected chi connectivity index (χ1v) is 7.89. The second-order valence-electron chi connectivity index (χ2n) is 6.29. The average Bonchev–Trinajstić information content (AvgIpc) is 2.38. The van der Waals surface area contributed by atoms with Crippen LogP contribution in [0.5, 0.6) is 0 Å². The molecule has 0 atom stereocenters. The van der Waals surface area contributed by atoms with E-state index >= 15 is 0 Å². The molecular formula is C16H33NO2. The molecule has 0 rings (SSSR count). The van der Waals surface area contributed by atoms with Gasteiger partial charge >= 0.3 is 0 Å². The van der Waals surface area contributed by atoms with Crippen molar-refractivity contribution < 1.29 is 9.90 Å². The number of carbonyl (C=O) groups is 1. The van der Waals surface area contributed by atoms with Crippen LogP contribution in [0.3, 0.4) is 0 Å². The van der Waals surface area contributed by atoms with Gasteiger partial charge < -0.3 is 10.4 Å². The van der Waals surface area contributed by atoms with Crippen molar-refractivity contribution in [2.75, 3.05) is 13.2 Å². The molecule has 0 aliphatic rings. The normalized spacial score (nSPS) is 11.6. The largest absolute Gasteiger partial charge is 0.396 e. The van der Waals surface area contributed by atoms with Gasteiger partial charge in [0.1, 0.15) is 0 Å². The molecule has 0 saturated heterocycles. The van der Waals surface area contributed by atoms with E-state index in [2.05, 4.69) is 26.1 Å². The summed E-state index contributed by atoms with van der Waals surface area (Å²) in [5.41, 5.74) is 0.0829. The number of hydrogen-bond acceptors (Lipinski definition) is 2. The molecule has 0 heterocycles. The third-order valence-corrected chi connectivity index (χ3v) is 3.53. The number of nitrogens with one attached hydrogen (secondary N) is 1. The van der Waals surface area contributed by atoms with Gasteiger partial charge in [0.05, 0.1) is 0 Å². The highest BCUT2D eigenvalue weighted by Crippen LogP contribution is 2.20. The number of amides is 1. The van der Waals surface area contributed by atoms with Crippen LogP contribution in [-0.2, 0) is 4.79 Å². The van der Waals surface area contributed by atoms with Gasteiger partial charge in [0, 0.05) is 19.6 Å². The van der Waals surface area contributed by atoms with Gasteiger partial charge in [0.25, 0.3) is 0 Å². The number of aliphatic hydroxyl groups is 1. The van der Waals surface area contributed by atoms with Crippen LogP contribution in [0.25, 0.3) is 0 Å². The summed E-state index contributed by atoms with van der Waals surface area (Å²) in [5, 5.41) is 11.8. The fourth-order valence-electron chi connectivity index (χ4n) is 2.14. The van der Waals surface area contributed by atoms with Crippen molar-refractivity contribution in [3.8, 4) is 0 Å². The number of rotatable bonds is 12. The molecule has 0 saturated carbocycles. The Hall–Kier alpha value is -0.570. The minimum atomic E-state index is 0.0829. The molecular weight excluding hydrogens is 238 g/mol. The number of hydrogen-bond donors (Lipinski definition) is 2. The quantitative estimate of drug-likeness (QED) is 0.532. The third kappa shape index (κ3) is 12.2. The predicted octanol–water partition coefficient (Wildman–Crippen LogP) is 3.65. The number of aliphatic hydroxyl groups excluding tert-OH is 1. The number of carbonyl (C=O) groups excluding carboxylic acids is 1. The second kappa shape index (κ2) is 11.3. The van der Waals surface area contributed by atoms with Crippen LogP contribution in [0.2, 0.25) is 0 Å². The summed E-state index contributed by atoms with van der Waals surface area (Å²) >= 11 is 0. The molecule has 3 heteroatoms. The lowest BCUT2D eigenvalue weighted by Crippen LogP contribution is -2.34. The van der Waals surface area contributed by atoms with Crippen LogP contribution in [-0.4, -0.2) is 24.2 Å². The molecule has 0 aromatic rings. The summed E-state index contributed by atoms with van der Waals surface area (Å²) in [6.45, 7) is 7.42. The molecule has 19 heavy (non-hydrogen) atoms. The lowest BCUT2D eigenvalue weighted by molar-refractivity contribution is -0.121. The van der Waals surface area contributed by atoms with Gasteiger partial charge in [0.2, 0.25) is 5.91 Å². The van der Waals surface area contributed by atoms with Crippen molar-refractivity contribution >= 4 is 5.91 Å². The van der Waals surface area contributed by atoms with Crippen molar-refractivity contribution in [3.63, 3.8) is 0 Å². The van der Waals surface area contributed by atoms with E-state index in [1.54, 1.807) is 0 Å². The highest BCUT2D eigenvalue weighted by Gasteiger charge is 2.17. The minimum Gasteiger partial charge on any atom is -0.396 e. The summed E-state index contributed by atoms with van der Waals surface area (Å²) in [4.78, 5) is 11.7. The maximum absolute atomic E-state index is 11.7. The molecule has 0 unspecified atom stereocenters. The Kier molecular flexibility index (Phi) is 10.9. The lowest BCUT2D eigenvalue weighted by atomic mass is 9.88. The van der Waals surface area contributed by atoms with Gasteiger partial charge in [-0.3, -0.25) is 4.79 Å². The maximum atomic E-state index is 11.7. The van der Waals surface area contributed by atoms with Crippen molar-refractivity contribution in [1.29, 1.82) is 0 Å². The van der Waals surface area contributed by atoms with E-state index in [1.807, 2.05) is 0 Å². The first-order valence-electron chi connectivity index (χ1n) is 7.89. The van der Waals surface area contributed by atoms with Gasteiger partial charge in [-0.25, -0.2) is 0 Å². The average molecular weight is 271 g/mol. The zero-order valence-corrected chi connectivity index (χ0v) is 13.1. The summed E-state index contributed by atoms with van der Waals surface area (Å²) in [7, 11) is 0. The molecule has 0 spiro atoms. The fourth-order valence-corrected chi connectivity index (χ4v) is 2.14. The predicted molar refractivity (Wildman–Crippen MR) is 81.1 cm³/mol. The van der Waals surface area contributed by atoms with Gasteiger partial charge in [0.15, 0.2) is 0 Å². The zero-order chi connectivity index (χ0) is 14.6. The van der Waals surface area contributed by atoms with Gasteiger partial charge in [-0.15, -0.1) is 0 Å². The van der Waals surface area contributed by atoms with Gasteiger partial charge in [-0.1, -0.05) is 52.9 Å². The molecule has 3 nitrogen and oxygen atoms in total. The van der Waals surface area contributed by atoms with E-state index in [1.165, 1.54) is 32.1 Å². The van der Waals surface area contributed by atoms with Crippen LogP contribution in [0.4, 0.5) is 0 Å². The van der Waals surface area contributed by atoms with Crippen LogP contribution in [0.1, 0.15) is 78.6 Å². The zero-order valence-electron chi connectivity index (χ0n) is 13.1. The standard InChI is InChI=1S/C16H33NO2/c1-4-5-6-7-8-9-11-15(19)17-14-16(2,3)12-10-13-18/h18H,4-14H2,1-3H3,(H,17,19). The Morgan fingerprint density at radius 2 is 1.68 bits per heavy atom. The molecule has 1 amide bonds. The Bertz CT molecular complexity index is 227. The van der Waals surface area contributed by atoms with Gasteiger partial charge in [-0.2, -0.15) is 0 Å². The van der Waals surface area contributed by atoms with Crippen LogP contribution < -0.4 is 5.32 Å². The van der Waals surface area contributed by atoms with E-state index < -0.39 is 0 Å². The molecule has 0 aliphatic heterocycles. The molecule has 0 fully saturated rings. The molecule has 0 aromatic carbocycles. The van der Waals surface area contributed by atoms with E-state index in [4.69, 9.17) is 5.11 Å². The fraction of sp³-hybridized carbons (Fsp3) is 0.938. The Morgan fingerprint density at radius 3 is 2.32 bits per heavy atom. The molecule has 0 radical (unpaired) electrons. The van der Waals surface area contributed by atoms with E-state index in [0.29, 0.717) is 13.0 Å². The molecule has 114 valence electrons. The highest BCUT2D eigenvalue weighted by atomic mass is 16.2. The van der Waals surface area contributed by atoms with Gasteiger partial charge in [-0.05, 0) is 24.7 Å². The SMILES string of the molecule is CCCCCCCCC(=O)NCC(C)(C)CCCO. The monoisotopic (exact) mass is 271 g/mol. The summed E-state index contributed by atoms with van der Waals surface area (Å²) < 4.78 is 0. The van der Waals surface area contributed by atoms with E-state index in [0.717, 1.165) is 19.3 Å². The van der Waals surface area contributed by atoms with Crippen molar-refractivity contribution in [3.05, 3.63) is 0 Å². The van der Waals surface area contributed by atoms with Crippen LogP contribution in [0.15, 0.2) is 0 Å². The van der Waals surface area contributed by atoms with Crippen LogP contribution in [0, 0.1) is 5.41 Å². The minimum absolute atomic E-state index is 0.0829. The summed E-state index contributed by atoms with van der Waals surface area (Å²) in [6, 6.07) is 0. The Labute approximate surface area is 119 Å². The van der Waals surface area contributed by atoms with Crippen LogP contribution >= 0.6 is 0 Å². The molecule has 2 N–H and O–H groups in total. The first kappa shape index (κ1) is 18.4. The number of unbranched alkanes of at least 4 members (excludes halogenated alkanes) is 5. The summed E-state index contributed by atoms with van der Waals surface area (Å²) in [6.07, 6.45) is 9.71. The first-order chi connectivity index (χ1) is 9.02. The Morgan fingerprint density at radius 1 is 1.05 bits per heavy atom. The molecule has 0 aliphatic carbocycles. The Balaban J connectivity index is 3.53. The van der Waals surface area contributed by atoms with E-state index in [-0.39, 0.29) is 17.9 Å². The highest BCUT2D eigenvalue weighted by molar-refractivity contribution is 5.75. The smallest absolute Gasteiger partial charge is 0.220 e. The van der Waals surface area contributed by atoms with Crippen molar-refractivity contribution in [1.82, 2.24) is 5.32 Å². The maximum Gasteiger partial charge on any atom is 0.220 e. The third-order valence-electron chi connectivity index (χ3n) is 3.53.